The van der Waals surface area contributed by atoms with Crippen molar-refractivity contribution >= 4 is 37.8 Å². The number of amides is 1. The Balaban J connectivity index is 2.26. The summed E-state index contributed by atoms with van der Waals surface area (Å²) in [5.74, 6) is 0.0751. The fraction of sp³-hybridized carbons (Fsp3) is 0.533. The lowest BCUT2D eigenvalue weighted by Crippen LogP contribution is -2.55. The highest BCUT2D eigenvalue weighted by Gasteiger charge is 2.35. The maximum Gasteiger partial charge on any atom is 0.254 e. The van der Waals surface area contributed by atoms with E-state index in [1.54, 1.807) is 0 Å². The van der Waals surface area contributed by atoms with Gasteiger partial charge in [-0.2, -0.15) is 0 Å². The predicted octanol–water partition coefficient (Wildman–Crippen LogP) is 3.77. The first-order valence-electron chi connectivity index (χ1n) is 6.62. The number of ether oxygens (including phenoxy) is 1. The highest BCUT2D eigenvalue weighted by molar-refractivity contribution is 9.10. The molecule has 2 rings (SSSR count). The maximum atomic E-state index is 12.8. The van der Waals surface area contributed by atoms with Crippen LogP contribution in [0.3, 0.4) is 0 Å². The standard InChI is InChI=1S/C15H19Br2NO2/c1-10-12(5-4-6-13(10)17)14(19)18-8-11(7-16)20-15(2,3)9-18/h4-6,11H,7-9H2,1-3H3. The van der Waals surface area contributed by atoms with Crippen molar-refractivity contribution in [3.8, 4) is 0 Å². The second-order valence-corrected chi connectivity index (χ2v) is 7.25. The van der Waals surface area contributed by atoms with Gasteiger partial charge in [-0.05, 0) is 38.5 Å². The molecule has 1 heterocycles. The van der Waals surface area contributed by atoms with E-state index in [4.69, 9.17) is 4.74 Å². The number of carbonyl (C=O) groups excluding carboxylic acids is 1. The molecule has 3 nitrogen and oxygen atoms in total. The second kappa shape index (κ2) is 6.16. The lowest BCUT2D eigenvalue weighted by atomic mass is 10.0. The maximum absolute atomic E-state index is 12.8. The molecular formula is C15H19Br2NO2. The van der Waals surface area contributed by atoms with E-state index in [2.05, 4.69) is 31.9 Å². The number of morpholine rings is 1. The van der Waals surface area contributed by atoms with Gasteiger partial charge in [0.15, 0.2) is 0 Å². The zero-order valence-electron chi connectivity index (χ0n) is 12.0. The zero-order valence-corrected chi connectivity index (χ0v) is 15.1. The van der Waals surface area contributed by atoms with Gasteiger partial charge in [-0.1, -0.05) is 37.9 Å². The lowest BCUT2D eigenvalue weighted by Gasteiger charge is -2.42. The van der Waals surface area contributed by atoms with E-state index in [1.807, 2.05) is 43.9 Å². The van der Waals surface area contributed by atoms with Crippen LogP contribution in [-0.2, 0) is 4.74 Å². The monoisotopic (exact) mass is 403 g/mol. The van der Waals surface area contributed by atoms with Crippen LogP contribution in [0.15, 0.2) is 22.7 Å². The number of rotatable bonds is 2. The van der Waals surface area contributed by atoms with Gasteiger partial charge in [-0.3, -0.25) is 4.79 Å². The molecule has 0 N–H and O–H groups in total. The summed E-state index contributed by atoms with van der Waals surface area (Å²) in [6, 6.07) is 5.74. The van der Waals surface area contributed by atoms with Crippen LogP contribution in [0.5, 0.6) is 0 Å². The number of hydrogen-bond acceptors (Lipinski definition) is 2. The van der Waals surface area contributed by atoms with Crippen LogP contribution in [0.1, 0.15) is 29.8 Å². The molecule has 1 aromatic carbocycles. The third kappa shape index (κ3) is 3.43. The van der Waals surface area contributed by atoms with Gasteiger partial charge in [0.2, 0.25) is 0 Å². The van der Waals surface area contributed by atoms with Crippen molar-refractivity contribution in [2.24, 2.45) is 0 Å². The summed E-state index contributed by atoms with van der Waals surface area (Å²) in [5, 5.41) is 0.734. The van der Waals surface area contributed by atoms with E-state index in [9.17, 15) is 4.79 Å². The van der Waals surface area contributed by atoms with Gasteiger partial charge < -0.3 is 9.64 Å². The van der Waals surface area contributed by atoms with Crippen LogP contribution in [0.2, 0.25) is 0 Å². The molecule has 1 aromatic rings. The Morgan fingerprint density at radius 1 is 1.50 bits per heavy atom. The summed E-state index contributed by atoms with van der Waals surface area (Å²) < 4.78 is 6.91. The number of nitrogens with zero attached hydrogens (tertiary/aromatic N) is 1. The van der Waals surface area contributed by atoms with Crippen molar-refractivity contribution in [1.82, 2.24) is 4.90 Å². The molecule has 1 aliphatic rings. The fourth-order valence-corrected chi connectivity index (χ4v) is 3.24. The van der Waals surface area contributed by atoms with Gasteiger partial charge in [0.1, 0.15) is 0 Å². The van der Waals surface area contributed by atoms with Crippen molar-refractivity contribution in [2.75, 3.05) is 18.4 Å². The molecule has 1 fully saturated rings. The van der Waals surface area contributed by atoms with E-state index in [0.29, 0.717) is 13.1 Å². The van der Waals surface area contributed by atoms with Crippen LogP contribution in [0.4, 0.5) is 0 Å². The first-order chi connectivity index (χ1) is 9.34. The Labute approximate surface area is 136 Å². The van der Waals surface area contributed by atoms with E-state index in [-0.39, 0.29) is 17.6 Å². The third-order valence-electron chi connectivity index (χ3n) is 3.44. The molecule has 5 heteroatoms. The molecule has 0 saturated carbocycles. The molecule has 0 aliphatic carbocycles. The molecule has 0 spiro atoms. The third-order valence-corrected chi connectivity index (χ3v) is 5.02. The average molecular weight is 405 g/mol. The fourth-order valence-electron chi connectivity index (χ4n) is 2.54. The summed E-state index contributed by atoms with van der Waals surface area (Å²) in [7, 11) is 0. The van der Waals surface area contributed by atoms with Crippen molar-refractivity contribution < 1.29 is 9.53 Å². The van der Waals surface area contributed by atoms with Crippen LogP contribution in [0, 0.1) is 6.92 Å². The Hall–Kier alpha value is -0.390. The zero-order chi connectivity index (χ0) is 14.9. The molecular weight excluding hydrogens is 386 g/mol. The summed E-state index contributed by atoms with van der Waals surface area (Å²) >= 11 is 6.93. The van der Waals surface area contributed by atoms with E-state index in [1.165, 1.54) is 0 Å². The summed E-state index contributed by atoms with van der Waals surface area (Å²) in [4.78, 5) is 14.6. The highest BCUT2D eigenvalue weighted by atomic mass is 79.9. The Kier molecular flexibility index (Phi) is 4.92. The number of hydrogen-bond donors (Lipinski definition) is 0. The van der Waals surface area contributed by atoms with Crippen LogP contribution in [-0.4, -0.2) is 40.9 Å². The molecule has 1 atom stereocenters. The van der Waals surface area contributed by atoms with Crippen molar-refractivity contribution in [3.63, 3.8) is 0 Å². The SMILES string of the molecule is Cc1c(Br)cccc1C(=O)N1CC(CBr)OC(C)(C)C1. The van der Waals surface area contributed by atoms with Gasteiger partial charge in [0, 0.05) is 28.5 Å². The van der Waals surface area contributed by atoms with Gasteiger partial charge in [0.25, 0.3) is 5.91 Å². The summed E-state index contributed by atoms with van der Waals surface area (Å²) in [5.41, 5.74) is 1.43. The van der Waals surface area contributed by atoms with Crippen molar-refractivity contribution in [1.29, 1.82) is 0 Å². The number of benzene rings is 1. The number of halogens is 2. The first kappa shape index (κ1) is 16.0. The van der Waals surface area contributed by atoms with E-state index >= 15 is 0 Å². The molecule has 1 unspecified atom stereocenters. The van der Waals surface area contributed by atoms with Gasteiger partial charge in [0.05, 0.1) is 11.7 Å². The normalized spacial score (nSPS) is 21.9. The Morgan fingerprint density at radius 3 is 2.85 bits per heavy atom. The van der Waals surface area contributed by atoms with E-state index < -0.39 is 0 Å². The largest absolute Gasteiger partial charge is 0.368 e. The summed E-state index contributed by atoms with van der Waals surface area (Å²) in [6.45, 7) is 7.25. The minimum atomic E-state index is -0.313. The average Bonchev–Trinajstić information content (AvgIpc) is 2.39. The molecule has 110 valence electrons. The van der Waals surface area contributed by atoms with Gasteiger partial charge in [-0.15, -0.1) is 0 Å². The molecule has 20 heavy (non-hydrogen) atoms. The number of carbonyl (C=O) groups is 1. The smallest absolute Gasteiger partial charge is 0.254 e. The minimum absolute atomic E-state index is 0.0372. The van der Waals surface area contributed by atoms with Gasteiger partial charge in [-0.25, -0.2) is 0 Å². The first-order valence-corrected chi connectivity index (χ1v) is 8.53. The molecule has 0 aromatic heterocycles. The predicted molar refractivity (Wildman–Crippen MR) is 87.5 cm³/mol. The van der Waals surface area contributed by atoms with Crippen molar-refractivity contribution in [3.05, 3.63) is 33.8 Å². The molecule has 0 radical (unpaired) electrons. The van der Waals surface area contributed by atoms with Gasteiger partial charge >= 0.3 is 0 Å². The molecule has 1 amide bonds. The topological polar surface area (TPSA) is 29.5 Å². The Bertz CT molecular complexity index is 517. The molecule has 0 bridgehead atoms. The minimum Gasteiger partial charge on any atom is -0.368 e. The molecule has 1 aliphatic heterocycles. The quantitative estimate of drug-likeness (QED) is 0.702. The van der Waals surface area contributed by atoms with Crippen LogP contribution >= 0.6 is 31.9 Å². The van der Waals surface area contributed by atoms with Crippen molar-refractivity contribution in [2.45, 2.75) is 32.5 Å². The second-order valence-electron chi connectivity index (χ2n) is 5.75. The van der Waals surface area contributed by atoms with Crippen LogP contribution in [0.25, 0.3) is 0 Å². The lowest BCUT2D eigenvalue weighted by molar-refractivity contribution is -0.116. The number of alkyl halides is 1. The Morgan fingerprint density at radius 2 is 2.20 bits per heavy atom. The molecule has 1 saturated heterocycles. The van der Waals surface area contributed by atoms with Crippen LogP contribution < -0.4 is 0 Å². The van der Waals surface area contributed by atoms with E-state index in [0.717, 1.165) is 20.9 Å². The highest BCUT2D eigenvalue weighted by Crippen LogP contribution is 2.26. The summed E-state index contributed by atoms with van der Waals surface area (Å²) in [6.07, 6.45) is 0.0372.